The van der Waals surface area contributed by atoms with E-state index in [1.54, 1.807) is 24.3 Å². The Morgan fingerprint density at radius 2 is 1.80 bits per heavy atom. The molecule has 0 N–H and O–H groups in total. The Labute approximate surface area is 146 Å². The molecule has 128 valence electrons. The quantitative estimate of drug-likeness (QED) is 0.489. The summed E-state index contributed by atoms with van der Waals surface area (Å²) in [7, 11) is 0. The largest absolute Gasteiger partial charge is 0.485 e. The molecule has 0 aliphatic rings. The Hall–Kier alpha value is -2.88. The van der Waals surface area contributed by atoms with Crippen LogP contribution in [0.15, 0.2) is 63.8 Å². The molecule has 0 bridgehead atoms. The number of carbonyl (C=O) groups is 1. The second kappa shape index (κ2) is 7.34. The molecule has 25 heavy (non-hydrogen) atoms. The van der Waals surface area contributed by atoms with Crippen LogP contribution >= 0.6 is 0 Å². The van der Waals surface area contributed by atoms with Crippen LogP contribution in [0.2, 0.25) is 0 Å². The third kappa shape index (κ3) is 3.97. The minimum absolute atomic E-state index is 0.0642. The zero-order valence-corrected chi connectivity index (χ0v) is 14.3. The van der Waals surface area contributed by atoms with Gasteiger partial charge in [0, 0.05) is 23.1 Å². The van der Waals surface area contributed by atoms with Gasteiger partial charge in [0.2, 0.25) is 0 Å². The highest BCUT2D eigenvalue weighted by Crippen LogP contribution is 2.21. The first kappa shape index (κ1) is 17.0. The second-order valence-electron chi connectivity index (χ2n) is 6.10. The minimum atomic E-state index is -0.415. The molecular weight excluding hydrogens is 316 g/mol. The summed E-state index contributed by atoms with van der Waals surface area (Å²) in [5.41, 5.74) is 1.88. The van der Waals surface area contributed by atoms with Crippen molar-refractivity contribution in [2.45, 2.75) is 26.2 Å². The highest BCUT2D eigenvalue weighted by Gasteiger charge is 2.09. The molecular formula is C21H20O4. The van der Waals surface area contributed by atoms with Crippen molar-refractivity contribution >= 4 is 16.8 Å². The Kier molecular flexibility index (Phi) is 4.98. The fraction of sp³-hybridized carbons (Fsp3) is 0.238. The molecule has 0 saturated carbocycles. The summed E-state index contributed by atoms with van der Waals surface area (Å²) in [5.74, 6) is 0.879. The van der Waals surface area contributed by atoms with Crippen LogP contribution in [0, 0.1) is 0 Å². The monoisotopic (exact) mass is 336 g/mol. The second-order valence-corrected chi connectivity index (χ2v) is 6.10. The Bertz CT molecular complexity index is 938. The van der Waals surface area contributed by atoms with Crippen molar-refractivity contribution < 1.29 is 13.9 Å². The van der Waals surface area contributed by atoms with Crippen LogP contribution < -0.4 is 10.4 Å². The first-order valence-corrected chi connectivity index (χ1v) is 8.36. The molecule has 0 saturated heterocycles. The number of benzene rings is 2. The number of Topliss-reactive ketones (excluding diaryl/α,β-unsaturated/α-hetero) is 1. The number of rotatable bonds is 6. The molecule has 0 fully saturated rings. The maximum absolute atomic E-state index is 12.3. The van der Waals surface area contributed by atoms with Gasteiger partial charge in [-0.25, -0.2) is 4.79 Å². The molecule has 1 aromatic heterocycles. The van der Waals surface area contributed by atoms with Crippen molar-refractivity contribution in [3.8, 4) is 5.75 Å². The average Bonchev–Trinajstić information content (AvgIpc) is 2.65. The van der Waals surface area contributed by atoms with E-state index in [0.29, 0.717) is 22.8 Å². The molecule has 0 aliphatic carbocycles. The van der Waals surface area contributed by atoms with Gasteiger partial charge in [0.05, 0.1) is 0 Å². The number of fused-ring (bicyclic) bond motifs is 1. The smallest absolute Gasteiger partial charge is 0.336 e. The zero-order chi connectivity index (χ0) is 17.8. The first-order valence-electron chi connectivity index (χ1n) is 8.36. The summed E-state index contributed by atoms with van der Waals surface area (Å²) >= 11 is 0. The molecule has 1 unspecified atom stereocenters. The van der Waals surface area contributed by atoms with Gasteiger partial charge < -0.3 is 9.15 Å². The van der Waals surface area contributed by atoms with Crippen LogP contribution in [0.4, 0.5) is 0 Å². The van der Waals surface area contributed by atoms with Gasteiger partial charge in [-0.05, 0) is 36.1 Å². The Morgan fingerprint density at radius 1 is 1.08 bits per heavy atom. The highest BCUT2D eigenvalue weighted by atomic mass is 16.5. The summed E-state index contributed by atoms with van der Waals surface area (Å²) in [6.45, 7) is 4.24. The van der Waals surface area contributed by atoms with Crippen LogP contribution in [-0.2, 0) is 0 Å². The summed E-state index contributed by atoms with van der Waals surface area (Å²) in [4.78, 5) is 23.6. The topological polar surface area (TPSA) is 56.5 Å². The van der Waals surface area contributed by atoms with E-state index in [1.165, 1.54) is 11.6 Å². The lowest BCUT2D eigenvalue weighted by Crippen LogP contribution is -2.11. The summed E-state index contributed by atoms with van der Waals surface area (Å²) in [6, 6.07) is 15.9. The van der Waals surface area contributed by atoms with Gasteiger partial charge in [-0.15, -0.1) is 0 Å². The molecule has 0 amide bonds. The van der Waals surface area contributed by atoms with E-state index in [9.17, 15) is 9.59 Å². The Balaban J connectivity index is 1.68. The van der Waals surface area contributed by atoms with E-state index in [1.807, 2.05) is 24.3 Å². The van der Waals surface area contributed by atoms with Crippen molar-refractivity contribution in [2.75, 3.05) is 6.61 Å². The molecule has 0 spiro atoms. The highest BCUT2D eigenvalue weighted by molar-refractivity contribution is 5.97. The minimum Gasteiger partial charge on any atom is -0.485 e. The van der Waals surface area contributed by atoms with Gasteiger partial charge in [0.15, 0.2) is 12.4 Å². The van der Waals surface area contributed by atoms with Crippen molar-refractivity contribution in [1.82, 2.24) is 0 Å². The van der Waals surface area contributed by atoms with Gasteiger partial charge in [-0.1, -0.05) is 38.1 Å². The molecule has 3 aromatic rings. The van der Waals surface area contributed by atoms with E-state index in [4.69, 9.17) is 9.15 Å². The van der Waals surface area contributed by atoms with Crippen LogP contribution in [0.5, 0.6) is 5.75 Å². The lowest BCUT2D eigenvalue weighted by molar-refractivity contribution is 0.0921. The van der Waals surface area contributed by atoms with E-state index in [0.717, 1.165) is 11.8 Å². The predicted octanol–water partition coefficient (Wildman–Crippen LogP) is 4.57. The zero-order valence-electron chi connectivity index (χ0n) is 14.3. The van der Waals surface area contributed by atoms with E-state index < -0.39 is 5.63 Å². The molecule has 4 nitrogen and oxygen atoms in total. The molecule has 1 atom stereocenters. The van der Waals surface area contributed by atoms with Gasteiger partial charge in [-0.3, -0.25) is 4.79 Å². The molecule has 0 radical (unpaired) electrons. The van der Waals surface area contributed by atoms with Crippen molar-refractivity contribution in [2.24, 2.45) is 0 Å². The molecule has 3 rings (SSSR count). The molecule has 0 aliphatic heterocycles. The number of hydrogen-bond donors (Lipinski definition) is 0. The summed E-state index contributed by atoms with van der Waals surface area (Å²) in [6.07, 6.45) is 1.06. The van der Waals surface area contributed by atoms with Crippen LogP contribution in [-0.4, -0.2) is 12.4 Å². The number of hydrogen-bond acceptors (Lipinski definition) is 4. The van der Waals surface area contributed by atoms with Crippen molar-refractivity contribution in [3.63, 3.8) is 0 Å². The third-order valence-corrected chi connectivity index (χ3v) is 4.38. The van der Waals surface area contributed by atoms with E-state index >= 15 is 0 Å². The fourth-order valence-corrected chi connectivity index (χ4v) is 2.60. The standard InChI is InChI=1S/C21H20O4/c1-3-14(2)15-4-6-16(7-5-15)19(22)13-24-18-10-8-17-9-11-21(23)25-20(17)12-18/h4-12,14H,3,13H2,1-2H3. The average molecular weight is 336 g/mol. The number of carbonyl (C=O) groups excluding carboxylic acids is 1. The fourth-order valence-electron chi connectivity index (χ4n) is 2.60. The van der Waals surface area contributed by atoms with Crippen molar-refractivity contribution in [1.29, 1.82) is 0 Å². The number of ketones is 1. The maximum Gasteiger partial charge on any atom is 0.336 e. The van der Waals surface area contributed by atoms with Gasteiger partial charge in [0.25, 0.3) is 0 Å². The maximum atomic E-state index is 12.3. The van der Waals surface area contributed by atoms with E-state index in [2.05, 4.69) is 13.8 Å². The lowest BCUT2D eigenvalue weighted by Gasteiger charge is -2.10. The van der Waals surface area contributed by atoms with Crippen molar-refractivity contribution in [3.05, 3.63) is 76.1 Å². The lowest BCUT2D eigenvalue weighted by atomic mass is 9.97. The molecule has 4 heteroatoms. The number of ether oxygens (including phenoxy) is 1. The third-order valence-electron chi connectivity index (χ3n) is 4.38. The SMILES string of the molecule is CCC(C)c1ccc(C(=O)COc2ccc3ccc(=O)oc3c2)cc1. The summed E-state index contributed by atoms with van der Waals surface area (Å²) < 4.78 is 10.7. The van der Waals surface area contributed by atoms with Crippen LogP contribution in [0.1, 0.15) is 42.1 Å². The summed E-state index contributed by atoms with van der Waals surface area (Å²) in [5, 5.41) is 0.805. The molecule has 1 heterocycles. The Morgan fingerprint density at radius 3 is 2.52 bits per heavy atom. The normalized spacial score (nSPS) is 12.1. The molecule has 2 aromatic carbocycles. The van der Waals surface area contributed by atoms with E-state index in [-0.39, 0.29) is 12.4 Å². The van der Waals surface area contributed by atoms with Gasteiger partial charge >= 0.3 is 5.63 Å². The predicted molar refractivity (Wildman–Crippen MR) is 97.5 cm³/mol. The van der Waals surface area contributed by atoms with Gasteiger partial charge in [-0.2, -0.15) is 0 Å². The first-order chi connectivity index (χ1) is 12.1. The van der Waals surface area contributed by atoms with Gasteiger partial charge in [0.1, 0.15) is 11.3 Å². The van der Waals surface area contributed by atoms with Crippen LogP contribution in [0.25, 0.3) is 11.0 Å². The van der Waals surface area contributed by atoms with Crippen LogP contribution in [0.3, 0.4) is 0 Å².